The average Bonchev–Trinajstić information content (AvgIpc) is 3.16. The number of nitrogens with one attached hydrogen (secondary N) is 1. The summed E-state index contributed by atoms with van der Waals surface area (Å²) in [5.41, 5.74) is 1.00. The summed E-state index contributed by atoms with van der Waals surface area (Å²) in [6, 6.07) is 8.92. The van der Waals surface area contributed by atoms with Crippen LogP contribution in [-0.4, -0.2) is 30.1 Å². The van der Waals surface area contributed by atoms with E-state index in [-0.39, 0.29) is 5.76 Å². The second-order valence-electron chi connectivity index (χ2n) is 4.67. The Hall–Kier alpha value is -3.36. The molecule has 1 saturated heterocycles. The number of benzene rings is 1. The molecule has 1 fully saturated rings. The van der Waals surface area contributed by atoms with E-state index in [1.807, 2.05) is 0 Å². The third-order valence-corrected chi connectivity index (χ3v) is 3.17. The smallest absolute Gasteiger partial charge is 0.433 e. The van der Waals surface area contributed by atoms with E-state index in [2.05, 4.69) is 5.32 Å². The highest BCUT2D eigenvalue weighted by Gasteiger charge is 2.24. The molecule has 0 saturated carbocycles. The van der Waals surface area contributed by atoms with Crippen LogP contribution >= 0.6 is 0 Å². The minimum absolute atomic E-state index is 0.178. The molecule has 9 nitrogen and oxygen atoms in total. The van der Waals surface area contributed by atoms with E-state index >= 15 is 0 Å². The summed E-state index contributed by atoms with van der Waals surface area (Å²) in [6.45, 7) is 0.742. The fourth-order valence-corrected chi connectivity index (χ4v) is 2.12. The van der Waals surface area contributed by atoms with Crippen molar-refractivity contribution in [2.75, 3.05) is 23.4 Å². The van der Waals surface area contributed by atoms with Gasteiger partial charge in [-0.1, -0.05) is 6.07 Å². The Balaban J connectivity index is 1.75. The maximum absolute atomic E-state index is 12.0. The summed E-state index contributed by atoms with van der Waals surface area (Å²) in [4.78, 5) is 34.8. The van der Waals surface area contributed by atoms with Gasteiger partial charge in [-0.2, -0.15) is 0 Å². The first kappa shape index (κ1) is 14.6. The molecular formula is C14H11N3O6. The molecule has 2 aromatic rings. The van der Waals surface area contributed by atoms with Crippen LogP contribution in [0.15, 0.2) is 40.8 Å². The van der Waals surface area contributed by atoms with E-state index in [1.165, 1.54) is 11.0 Å². The van der Waals surface area contributed by atoms with Crippen molar-refractivity contribution in [2.24, 2.45) is 0 Å². The largest absolute Gasteiger partial charge is 0.447 e. The molecule has 1 aromatic carbocycles. The highest BCUT2D eigenvalue weighted by molar-refractivity contribution is 6.03. The summed E-state index contributed by atoms with van der Waals surface area (Å²) < 4.78 is 9.69. The summed E-state index contributed by atoms with van der Waals surface area (Å²) in [5, 5.41) is 13.1. The van der Waals surface area contributed by atoms with Gasteiger partial charge in [0.15, 0.2) is 5.76 Å². The summed E-state index contributed by atoms with van der Waals surface area (Å²) in [5.74, 6) is -1.31. The van der Waals surface area contributed by atoms with Gasteiger partial charge in [-0.15, -0.1) is 0 Å². The van der Waals surface area contributed by atoms with E-state index in [0.29, 0.717) is 24.5 Å². The molecule has 0 unspecified atom stereocenters. The number of amides is 2. The van der Waals surface area contributed by atoms with Crippen molar-refractivity contribution >= 4 is 29.3 Å². The minimum atomic E-state index is -0.726. The highest BCUT2D eigenvalue weighted by atomic mass is 16.6. The maximum atomic E-state index is 12.0. The van der Waals surface area contributed by atoms with Crippen LogP contribution < -0.4 is 10.2 Å². The number of carbonyl (C=O) groups is 2. The number of nitro groups is 1. The van der Waals surface area contributed by atoms with Gasteiger partial charge in [0.1, 0.15) is 11.5 Å². The van der Waals surface area contributed by atoms with Crippen LogP contribution in [0, 0.1) is 10.1 Å². The third kappa shape index (κ3) is 2.98. The molecule has 2 heterocycles. The topological polar surface area (TPSA) is 115 Å². The molecule has 1 aromatic heterocycles. The molecular weight excluding hydrogens is 306 g/mol. The first-order valence-corrected chi connectivity index (χ1v) is 6.64. The Kier molecular flexibility index (Phi) is 3.67. The molecule has 0 aliphatic carbocycles. The van der Waals surface area contributed by atoms with Gasteiger partial charge in [-0.25, -0.2) is 4.79 Å². The lowest BCUT2D eigenvalue weighted by molar-refractivity contribution is -0.402. The zero-order valence-electron chi connectivity index (χ0n) is 11.7. The molecule has 0 spiro atoms. The molecule has 1 aliphatic heterocycles. The van der Waals surface area contributed by atoms with Crippen LogP contribution in [-0.2, 0) is 4.74 Å². The van der Waals surface area contributed by atoms with Crippen molar-refractivity contribution in [1.29, 1.82) is 0 Å². The first-order valence-electron chi connectivity index (χ1n) is 6.64. The van der Waals surface area contributed by atoms with Crippen molar-refractivity contribution in [3.05, 3.63) is 52.3 Å². The number of furan rings is 1. The molecule has 3 rings (SSSR count). The van der Waals surface area contributed by atoms with Crippen molar-refractivity contribution in [3.8, 4) is 0 Å². The summed E-state index contributed by atoms with van der Waals surface area (Å²) >= 11 is 0. The van der Waals surface area contributed by atoms with Crippen LogP contribution in [0.3, 0.4) is 0 Å². The van der Waals surface area contributed by atoms with E-state index < -0.39 is 22.8 Å². The Morgan fingerprint density at radius 2 is 2.13 bits per heavy atom. The van der Waals surface area contributed by atoms with Crippen molar-refractivity contribution in [1.82, 2.24) is 0 Å². The predicted molar refractivity (Wildman–Crippen MR) is 78.5 cm³/mol. The molecule has 2 amide bonds. The molecule has 23 heavy (non-hydrogen) atoms. The SMILES string of the molecule is O=C(Nc1cccc(N2CCOC2=O)c1)c1ccc([N+](=O)[O-])o1. The second kappa shape index (κ2) is 5.79. The highest BCUT2D eigenvalue weighted by Crippen LogP contribution is 2.23. The van der Waals surface area contributed by atoms with E-state index in [9.17, 15) is 19.7 Å². The van der Waals surface area contributed by atoms with Crippen LogP contribution in [0.1, 0.15) is 10.6 Å². The number of nitrogens with zero attached hydrogens (tertiary/aromatic N) is 2. The molecule has 9 heteroatoms. The fourth-order valence-electron chi connectivity index (χ4n) is 2.12. The molecule has 0 bridgehead atoms. The summed E-state index contributed by atoms with van der Waals surface area (Å²) in [7, 11) is 0. The van der Waals surface area contributed by atoms with Gasteiger partial charge in [-0.05, 0) is 24.3 Å². The van der Waals surface area contributed by atoms with Crippen LogP contribution in [0.25, 0.3) is 0 Å². The molecule has 0 atom stereocenters. The van der Waals surface area contributed by atoms with E-state index in [1.54, 1.807) is 24.3 Å². The van der Waals surface area contributed by atoms with Crippen molar-refractivity contribution in [3.63, 3.8) is 0 Å². The lowest BCUT2D eigenvalue weighted by atomic mass is 10.2. The van der Waals surface area contributed by atoms with Gasteiger partial charge in [-0.3, -0.25) is 19.8 Å². The minimum Gasteiger partial charge on any atom is -0.447 e. The Labute approximate surface area is 129 Å². The van der Waals surface area contributed by atoms with Gasteiger partial charge >= 0.3 is 12.0 Å². The summed E-state index contributed by atoms with van der Waals surface area (Å²) in [6.07, 6.45) is -0.449. The standard InChI is InChI=1S/C14H11N3O6/c18-13(11-4-5-12(23-11)17(20)21)15-9-2-1-3-10(8-9)16-6-7-22-14(16)19/h1-5,8H,6-7H2,(H,15,18). The van der Waals surface area contributed by atoms with Gasteiger partial charge in [0.25, 0.3) is 5.91 Å². The van der Waals surface area contributed by atoms with Crippen molar-refractivity contribution in [2.45, 2.75) is 0 Å². The van der Waals surface area contributed by atoms with E-state index in [4.69, 9.17) is 9.15 Å². The zero-order chi connectivity index (χ0) is 16.4. The first-order chi connectivity index (χ1) is 11.0. The Morgan fingerprint density at radius 1 is 1.30 bits per heavy atom. The normalized spacial score (nSPS) is 13.7. The maximum Gasteiger partial charge on any atom is 0.433 e. The number of ether oxygens (including phenoxy) is 1. The Morgan fingerprint density at radius 3 is 2.78 bits per heavy atom. The zero-order valence-corrected chi connectivity index (χ0v) is 11.7. The van der Waals surface area contributed by atoms with Gasteiger partial charge < -0.3 is 14.5 Å². The van der Waals surface area contributed by atoms with Crippen LogP contribution in [0.5, 0.6) is 0 Å². The second-order valence-corrected chi connectivity index (χ2v) is 4.67. The molecule has 1 aliphatic rings. The average molecular weight is 317 g/mol. The Bertz CT molecular complexity index is 784. The number of hydrogen-bond donors (Lipinski definition) is 1. The third-order valence-electron chi connectivity index (χ3n) is 3.17. The number of cyclic esters (lactones) is 1. The number of carbonyl (C=O) groups excluding carboxylic acids is 2. The lowest BCUT2D eigenvalue weighted by Crippen LogP contribution is -2.23. The van der Waals surface area contributed by atoms with Gasteiger partial charge in [0, 0.05) is 11.4 Å². The lowest BCUT2D eigenvalue weighted by Gasteiger charge is -2.13. The number of anilines is 2. The van der Waals surface area contributed by atoms with Crippen LogP contribution in [0.2, 0.25) is 0 Å². The number of rotatable bonds is 4. The fraction of sp³-hybridized carbons (Fsp3) is 0.143. The van der Waals surface area contributed by atoms with Gasteiger partial charge in [0.05, 0.1) is 12.6 Å². The van der Waals surface area contributed by atoms with E-state index in [0.717, 1.165) is 6.07 Å². The number of hydrogen-bond acceptors (Lipinski definition) is 6. The molecule has 118 valence electrons. The monoisotopic (exact) mass is 317 g/mol. The molecule has 0 radical (unpaired) electrons. The predicted octanol–water partition coefficient (Wildman–Crippen LogP) is 2.40. The van der Waals surface area contributed by atoms with Crippen LogP contribution in [0.4, 0.5) is 22.1 Å². The van der Waals surface area contributed by atoms with Crippen molar-refractivity contribution < 1.29 is 23.7 Å². The molecule has 1 N–H and O–H groups in total. The quantitative estimate of drug-likeness (QED) is 0.684. The van der Waals surface area contributed by atoms with Gasteiger partial charge in [0.2, 0.25) is 0 Å².